The van der Waals surface area contributed by atoms with Crippen molar-refractivity contribution in [2.45, 2.75) is 0 Å². The van der Waals surface area contributed by atoms with Crippen molar-refractivity contribution in [3.63, 3.8) is 0 Å². The number of methoxy groups -OCH3 is 2. The summed E-state index contributed by atoms with van der Waals surface area (Å²) in [6, 6.07) is 16.7. The van der Waals surface area contributed by atoms with Crippen molar-refractivity contribution in [3.8, 4) is 23.0 Å². The molecule has 0 aliphatic rings. The monoisotopic (exact) mass is 358 g/mol. The van der Waals surface area contributed by atoms with Crippen LogP contribution >= 0.6 is 0 Å². The average Bonchev–Trinajstić information content (AvgIpc) is 2.73. The van der Waals surface area contributed by atoms with Crippen LogP contribution in [0.2, 0.25) is 0 Å². The third kappa shape index (κ3) is 3.50. The zero-order chi connectivity index (χ0) is 18.6. The molecule has 0 aliphatic heterocycles. The number of hydrogen-bond donors (Lipinski definition) is 1. The molecule has 134 valence electrons. The van der Waals surface area contributed by atoms with E-state index in [9.17, 15) is 0 Å². The van der Waals surface area contributed by atoms with Gasteiger partial charge in [0.15, 0.2) is 0 Å². The Kier molecular flexibility index (Phi) is 4.53. The number of pyridine rings is 1. The van der Waals surface area contributed by atoms with Crippen molar-refractivity contribution >= 4 is 22.1 Å². The minimum absolute atomic E-state index is 0.258. The van der Waals surface area contributed by atoms with Gasteiger partial charge in [0.1, 0.15) is 0 Å². The zero-order valence-electron chi connectivity index (χ0n) is 15.0. The van der Waals surface area contributed by atoms with Crippen LogP contribution in [0.15, 0.2) is 67.1 Å². The van der Waals surface area contributed by atoms with Gasteiger partial charge in [-0.05, 0) is 29.0 Å². The Morgan fingerprint density at radius 2 is 1.67 bits per heavy atom. The summed E-state index contributed by atoms with van der Waals surface area (Å²) in [5, 5.41) is 5.78. The molecule has 4 aromatic rings. The van der Waals surface area contributed by atoms with Crippen LogP contribution in [0, 0.1) is 0 Å². The fourth-order valence-electron chi connectivity index (χ4n) is 2.89. The summed E-state index contributed by atoms with van der Waals surface area (Å²) in [7, 11) is 3.08. The van der Waals surface area contributed by atoms with E-state index in [2.05, 4.69) is 44.5 Å². The predicted octanol–water partition coefficient (Wildman–Crippen LogP) is 4.45. The zero-order valence-corrected chi connectivity index (χ0v) is 15.0. The highest BCUT2D eigenvalue weighted by Crippen LogP contribution is 2.30. The number of aromatic nitrogens is 3. The largest absolute Gasteiger partial charge is 0.480 e. The van der Waals surface area contributed by atoms with Gasteiger partial charge in [-0.15, -0.1) is 0 Å². The molecule has 0 atom stereocenters. The molecule has 1 N–H and O–H groups in total. The van der Waals surface area contributed by atoms with Crippen LogP contribution in [-0.2, 0) is 0 Å². The first kappa shape index (κ1) is 16.8. The van der Waals surface area contributed by atoms with Crippen LogP contribution in [0.4, 0.5) is 11.4 Å². The first-order valence-electron chi connectivity index (χ1n) is 8.43. The van der Waals surface area contributed by atoms with E-state index in [0.717, 1.165) is 22.5 Å². The highest BCUT2D eigenvalue weighted by molar-refractivity contribution is 5.86. The van der Waals surface area contributed by atoms with E-state index in [1.54, 1.807) is 25.7 Å². The fourth-order valence-corrected chi connectivity index (χ4v) is 2.89. The number of anilines is 2. The number of hydrogen-bond acceptors (Lipinski definition) is 6. The summed E-state index contributed by atoms with van der Waals surface area (Å²) >= 11 is 0. The lowest BCUT2D eigenvalue weighted by Crippen LogP contribution is -1.98. The molecule has 0 spiro atoms. The molecular formula is C21H18N4O2. The van der Waals surface area contributed by atoms with Crippen molar-refractivity contribution in [2.75, 3.05) is 19.5 Å². The minimum Gasteiger partial charge on any atom is -0.480 e. The summed E-state index contributed by atoms with van der Waals surface area (Å²) < 4.78 is 10.4. The molecule has 4 rings (SSSR count). The number of rotatable bonds is 5. The molecule has 0 aliphatic carbocycles. The summed E-state index contributed by atoms with van der Waals surface area (Å²) in [6.07, 6.45) is 5.19. The maximum absolute atomic E-state index is 5.37. The smallest absolute Gasteiger partial charge is 0.319 e. The van der Waals surface area contributed by atoms with Crippen LogP contribution in [0.25, 0.3) is 21.9 Å². The Morgan fingerprint density at radius 1 is 0.815 bits per heavy atom. The highest BCUT2D eigenvalue weighted by Gasteiger charge is 2.11. The SMILES string of the molecule is COc1ncc(-c2cncc(Nc3ccc4ccccc4c3)c2)c(OC)n1. The van der Waals surface area contributed by atoms with Crippen molar-refractivity contribution in [3.05, 3.63) is 67.1 Å². The lowest BCUT2D eigenvalue weighted by atomic mass is 10.1. The molecule has 0 saturated heterocycles. The maximum atomic E-state index is 5.37. The summed E-state index contributed by atoms with van der Waals surface area (Å²) in [5.74, 6) is 0.437. The Hall–Kier alpha value is -3.67. The fraction of sp³-hybridized carbons (Fsp3) is 0.0952. The Balaban J connectivity index is 1.66. The van der Waals surface area contributed by atoms with Crippen molar-refractivity contribution in [2.24, 2.45) is 0 Å². The van der Waals surface area contributed by atoms with Gasteiger partial charge in [-0.2, -0.15) is 4.98 Å². The number of ether oxygens (including phenoxy) is 2. The number of nitrogens with one attached hydrogen (secondary N) is 1. The number of fused-ring (bicyclic) bond motifs is 1. The molecular weight excluding hydrogens is 340 g/mol. The van der Waals surface area contributed by atoms with Crippen LogP contribution in [-0.4, -0.2) is 29.2 Å². The van der Waals surface area contributed by atoms with Gasteiger partial charge in [0.05, 0.1) is 31.7 Å². The topological polar surface area (TPSA) is 69.2 Å². The van der Waals surface area contributed by atoms with Gasteiger partial charge in [-0.25, -0.2) is 4.98 Å². The maximum Gasteiger partial charge on any atom is 0.319 e. The van der Waals surface area contributed by atoms with Crippen LogP contribution in [0.5, 0.6) is 11.9 Å². The van der Waals surface area contributed by atoms with Gasteiger partial charge in [0, 0.05) is 23.6 Å². The second-order valence-corrected chi connectivity index (χ2v) is 5.93. The van der Waals surface area contributed by atoms with E-state index in [0.29, 0.717) is 5.88 Å². The Labute approximate surface area is 156 Å². The predicted molar refractivity (Wildman–Crippen MR) is 106 cm³/mol. The average molecular weight is 358 g/mol. The van der Waals surface area contributed by atoms with E-state index in [4.69, 9.17) is 9.47 Å². The molecule has 6 heteroatoms. The summed E-state index contributed by atoms with van der Waals surface area (Å²) in [6.45, 7) is 0. The molecule has 0 amide bonds. The normalized spacial score (nSPS) is 10.6. The van der Waals surface area contributed by atoms with E-state index in [-0.39, 0.29) is 6.01 Å². The van der Waals surface area contributed by atoms with Gasteiger partial charge in [0.25, 0.3) is 0 Å². The molecule has 0 saturated carbocycles. The van der Waals surface area contributed by atoms with Gasteiger partial charge in [0.2, 0.25) is 5.88 Å². The van der Waals surface area contributed by atoms with E-state index >= 15 is 0 Å². The standard InChI is InChI=1S/C21H18N4O2/c1-26-20-19(13-23-21(25-20)27-2)16-10-18(12-22-11-16)24-17-8-7-14-5-3-4-6-15(14)9-17/h3-13,24H,1-2H3. The van der Waals surface area contributed by atoms with Crippen molar-refractivity contribution in [1.82, 2.24) is 15.0 Å². The van der Waals surface area contributed by atoms with Gasteiger partial charge >= 0.3 is 6.01 Å². The van der Waals surface area contributed by atoms with Crippen molar-refractivity contribution in [1.29, 1.82) is 0 Å². The summed E-state index contributed by atoms with van der Waals surface area (Å²) in [5.41, 5.74) is 3.44. The second-order valence-electron chi connectivity index (χ2n) is 5.93. The Bertz CT molecular complexity index is 1100. The lowest BCUT2D eigenvalue weighted by Gasteiger charge is -2.11. The van der Waals surface area contributed by atoms with Crippen LogP contribution < -0.4 is 14.8 Å². The lowest BCUT2D eigenvalue weighted by molar-refractivity contribution is 0.353. The van der Waals surface area contributed by atoms with Gasteiger partial charge in [-0.3, -0.25) is 4.98 Å². The van der Waals surface area contributed by atoms with E-state index in [1.165, 1.54) is 17.9 Å². The molecule has 0 radical (unpaired) electrons. The Morgan fingerprint density at radius 3 is 2.48 bits per heavy atom. The molecule has 6 nitrogen and oxygen atoms in total. The number of benzene rings is 2. The molecule has 0 bridgehead atoms. The third-order valence-corrected chi connectivity index (χ3v) is 4.20. The quantitative estimate of drug-likeness (QED) is 0.568. The molecule has 27 heavy (non-hydrogen) atoms. The molecule has 0 fully saturated rings. The first-order chi connectivity index (χ1) is 13.3. The van der Waals surface area contributed by atoms with Crippen molar-refractivity contribution < 1.29 is 9.47 Å². The van der Waals surface area contributed by atoms with Gasteiger partial charge in [-0.1, -0.05) is 30.3 Å². The van der Waals surface area contributed by atoms with Crippen LogP contribution in [0.1, 0.15) is 0 Å². The molecule has 2 aromatic heterocycles. The van der Waals surface area contributed by atoms with Gasteiger partial charge < -0.3 is 14.8 Å². The van der Waals surface area contributed by atoms with Crippen LogP contribution in [0.3, 0.4) is 0 Å². The first-order valence-corrected chi connectivity index (χ1v) is 8.43. The number of nitrogens with zero attached hydrogens (tertiary/aromatic N) is 3. The highest BCUT2D eigenvalue weighted by atomic mass is 16.5. The molecule has 0 unspecified atom stereocenters. The van der Waals surface area contributed by atoms with E-state index in [1.807, 2.05) is 24.3 Å². The third-order valence-electron chi connectivity index (χ3n) is 4.20. The molecule has 2 heterocycles. The molecule has 2 aromatic carbocycles. The minimum atomic E-state index is 0.258. The van der Waals surface area contributed by atoms with E-state index < -0.39 is 0 Å². The summed E-state index contributed by atoms with van der Waals surface area (Å²) in [4.78, 5) is 12.7. The second kappa shape index (κ2) is 7.29.